The lowest BCUT2D eigenvalue weighted by atomic mass is 10.3. The highest BCUT2D eigenvalue weighted by molar-refractivity contribution is 9.10. The molecule has 1 heterocycles. The van der Waals surface area contributed by atoms with Crippen molar-refractivity contribution >= 4 is 37.5 Å². The average molecular weight is 272 g/mol. The van der Waals surface area contributed by atoms with Gasteiger partial charge in [-0.05, 0) is 25.1 Å². The molecule has 1 aromatic carbocycles. The summed E-state index contributed by atoms with van der Waals surface area (Å²) in [6.07, 6.45) is 0.316. The summed E-state index contributed by atoms with van der Waals surface area (Å²) in [5.74, 6) is 0. The van der Waals surface area contributed by atoms with Gasteiger partial charge in [0.05, 0.1) is 21.3 Å². The van der Waals surface area contributed by atoms with E-state index in [4.69, 9.17) is 0 Å². The molecule has 1 unspecified atom stereocenters. The SMILES string of the molecule is CC(O)Cc1nc2ccc(Br)cc2s1. The molecule has 1 aromatic heterocycles. The molecule has 2 aromatic rings. The number of aromatic nitrogens is 1. The van der Waals surface area contributed by atoms with Gasteiger partial charge in [0.2, 0.25) is 0 Å². The van der Waals surface area contributed by atoms with Crippen LogP contribution in [0.1, 0.15) is 11.9 Å². The van der Waals surface area contributed by atoms with E-state index in [0.717, 1.165) is 19.7 Å². The van der Waals surface area contributed by atoms with Gasteiger partial charge in [0.15, 0.2) is 0 Å². The zero-order chi connectivity index (χ0) is 10.1. The van der Waals surface area contributed by atoms with Crippen molar-refractivity contribution in [3.05, 3.63) is 27.7 Å². The number of aliphatic hydroxyl groups is 1. The molecule has 1 N–H and O–H groups in total. The Labute approximate surface area is 94.7 Å². The van der Waals surface area contributed by atoms with E-state index in [2.05, 4.69) is 27.0 Å². The van der Waals surface area contributed by atoms with Crippen LogP contribution in [0.15, 0.2) is 22.7 Å². The van der Waals surface area contributed by atoms with E-state index in [9.17, 15) is 5.11 Å². The van der Waals surface area contributed by atoms with Gasteiger partial charge in [0.1, 0.15) is 0 Å². The van der Waals surface area contributed by atoms with E-state index < -0.39 is 0 Å². The van der Waals surface area contributed by atoms with Crippen LogP contribution < -0.4 is 0 Å². The van der Waals surface area contributed by atoms with Crippen LogP contribution in [0.4, 0.5) is 0 Å². The van der Waals surface area contributed by atoms with Crippen molar-refractivity contribution in [2.24, 2.45) is 0 Å². The Morgan fingerprint density at radius 3 is 3.07 bits per heavy atom. The zero-order valence-corrected chi connectivity index (χ0v) is 10.1. The smallest absolute Gasteiger partial charge is 0.0964 e. The molecule has 0 radical (unpaired) electrons. The summed E-state index contributed by atoms with van der Waals surface area (Å²) in [7, 11) is 0. The lowest BCUT2D eigenvalue weighted by Gasteiger charge is -1.97. The Morgan fingerprint density at radius 1 is 1.57 bits per heavy atom. The van der Waals surface area contributed by atoms with Crippen LogP contribution in [0.25, 0.3) is 10.2 Å². The van der Waals surface area contributed by atoms with E-state index in [0.29, 0.717) is 6.42 Å². The molecule has 14 heavy (non-hydrogen) atoms. The Balaban J connectivity index is 2.41. The molecular weight excluding hydrogens is 262 g/mol. The highest BCUT2D eigenvalue weighted by atomic mass is 79.9. The number of fused-ring (bicyclic) bond motifs is 1. The van der Waals surface area contributed by atoms with Gasteiger partial charge in [-0.25, -0.2) is 4.98 Å². The predicted octanol–water partition coefficient (Wildman–Crippen LogP) is 2.98. The molecular formula is C10H10BrNOS. The summed E-state index contributed by atoms with van der Waals surface area (Å²) in [5, 5.41) is 10.2. The van der Waals surface area contributed by atoms with Crippen molar-refractivity contribution in [3.8, 4) is 0 Å². The van der Waals surface area contributed by atoms with E-state index in [1.165, 1.54) is 0 Å². The number of rotatable bonds is 2. The Morgan fingerprint density at radius 2 is 2.36 bits per heavy atom. The van der Waals surface area contributed by atoms with E-state index in [1.807, 2.05) is 12.1 Å². The number of hydrogen-bond acceptors (Lipinski definition) is 3. The molecule has 2 rings (SSSR count). The van der Waals surface area contributed by atoms with Gasteiger partial charge in [-0.2, -0.15) is 0 Å². The molecule has 0 aliphatic rings. The van der Waals surface area contributed by atoms with Crippen molar-refractivity contribution < 1.29 is 5.11 Å². The van der Waals surface area contributed by atoms with Crippen molar-refractivity contribution in [2.75, 3.05) is 0 Å². The first-order chi connectivity index (χ1) is 6.65. The summed E-state index contributed by atoms with van der Waals surface area (Å²) in [4.78, 5) is 4.43. The molecule has 0 aliphatic carbocycles. The van der Waals surface area contributed by atoms with Gasteiger partial charge < -0.3 is 5.11 Å². The summed E-state index contributed by atoms with van der Waals surface area (Å²) in [5.41, 5.74) is 1.01. The summed E-state index contributed by atoms with van der Waals surface area (Å²) in [6.45, 7) is 1.78. The minimum atomic E-state index is -0.320. The molecule has 0 saturated heterocycles. The average Bonchev–Trinajstić information content (AvgIpc) is 2.44. The fraction of sp³-hybridized carbons (Fsp3) is 0.300. The number of aliphatic hydroxyl groups excluding tert-OH is 1. The third-order valence-electron chi connectivity index (χ3n) is 1.86. The fourth-order valence-electron chi connectivity index (χ4n) is 1.29. The molecule has 1 atom stereocenters. The Bertz CT molecular complexity index is 452. The summed E-state index contributed by atoms with van der Waals surface area (Å²) in [6, 6.07) is 6.02. The minimum Gasteiger partial charge on any atom is -0.393 e. The van der Waals surface area contributed by atoms with Crippen LogP contribution in [0.3, 0.4) is 0 Å². The third-order valence-corrected chi connectivity index (χ3v) is 3.40. The van der Waals surface area contributed by atoms with Crippen LogP contribution in [0.2, 0.25) is 0 Å². The first-order valence-electron chi connectivity index (χ1n) is 4.38. The predicted molar refractivity (Wildman–Crippen MR) is 62.7 cm³/mol. The molecule has 74 valence electrons. The van der Waals surface area contributed by atoms with Gasteiger partial charge in [-0.1, -0.05) is 15.9 Å². The fourth-order valence-corrected chi connectivity index (χ4v) is 2.93. The van der Waals surface area contributed by atoms with Gasteiger partial charge in [0.25, 0.3) is 0 Å². The maximum absolute atomic E-state index is 9.24. The highest BCUT2D eigenvalue weighted by Crippen LogP contribution is 2.25. The molecule has 4 heteroatoms. The van der Waals surface area contributed by atoms with E-state index in [-0.39, 0.29) is 6.10 Å². The van der Waals surface area contributed by atoms with Crippen molar-refractivity contribution in [2.45, 2.75) is 19.4 Å². The van der Waals surface area contributed by atoms with Crippen LogP contribution in [-0.4, -0.2) is 16.2 Å². The quantitative estimate of drug-likeness (QED) is 0.911. The van der Waals surface area contributed by atoms with Gasteiger partial charge >= 0.3 is 0 Å². The van der Waals surface area contributed by atoms with Gasteiger partial charge in [-0.3, -0.25) is 0 Å². The van der Waals surface area contributed by atoms with Crippen molar-refractivity contribution in [3.63, 3.8) is 0 Å². The molecule has 0 fully saturated rings. The molecule has 0 saturated carbocycles. The minimum absolute atomic E-state index is 0.320. The molecule has 2 nitrogen and oxygen atoms in total. The van der Waals surface area contributed by atoms with Crippen molar-refractivity contribution in [1.29, 1.82) is 0 Å². The second kappa shape index (κ2) is 3.96. The normalized spacial score (nSPS) is 13.4. The molecule has 0 bridgehead atoms. The monoisotopic (exact) mass is 271 g/mol. The van der Waals surface area contributed by atoms with Crippen molar-refractivity contribution in [1.82, 2.24) is 4.98 Å². The van der Waals surface area contributed by atoms with Crippen LogP contribution in [0, 0.1) is 0 Å². The standard InChI is InChI=1S/C10H10BrNOS/c1-6(13)4-10-12-8-3-2-7(11)5-9(8)14-10/h2-3,5-6,13H,4H2,1H3. The largest absolute Gasteiger partial charge is 0.393 e. The number of benzene rings is 1. The number of nitrogens with zero attached hydrogens (tertiary/aromatic N) is 1. The van der Waals surface area contributed by atoms with Crippen LogP contribution in [-0.2, 0) is 6.42 Å². The highest BCUT2D eigenvalue weighted by Gasteiger charge is 2.06. The molecule has 0 amide bonds. The van der Waals surface area contributed by atoms with Gasteiger partial charge in [-0.15, -0.1) is 11.3 Å². The Kier molecular flexibility index (Phi) is 2.85. The number of hydrogen-bond donors (Lipinski definition) is 1. The third kappa shape index (κ3) is 2.13. The Hall–Kier alpha value is -0.450. The van der Waals surface area contributed by atoms with E-state index in [1.54, 1.807) is 18.3 Å². The zero-order valence-electron chi connectivity index (χ0n) is 7.70. The van der Waals surface area contributed by atoms with Gasteiger partial charge in [0, 0.05) is 10.9 Å². The maximum Gasteiger partial charge on any atom is 0.0964 e. The second-order valence-corrected chi connectivity index (χ2v) is 5.30. The van der Waals surface area contributed by atoms with Crippen LogP contribution in [0.5, 0.6) is 0 Å². The van der Waals surface area contributed by atoms with Crippen LogP contribution >= 0.6 is 27.3 Å². The second-order valence-electron chi connectivity index (χ2n) is 3.27. The lowest BCUT2D eigenvalue weighted by Crippen LogP contribution is -2.03. The number of halogens is 1. The molecule has 0 spiro atoms. The number of thiazole rings is 1. The van der Waals surface area contributed by atoms with E-state index >= 15 is 0 Å². The summed E-state index contributed by atoms with van der Waals surface area (Å²) < 4.78 is 2.23. The lowest BCUT2D eigenvalue weighted by molar-refractivity contribution is 0.195. The first-order valence-corrected chi connectivity index (χ1v) is 5.99. The summed E-state index contributed by atoms with van der Waals surface area (Å²) >= 11 is 5.06. The molecule has 0 aliphatic heterocycles. The first kappa shape index (κ1) is 10.1. The maximum atomic E-state index is 9.24. The topological polar surface area (TPSA) is 33.1 Å².